The first-order valence-corrected chi connectivity index (χ1v) is 15.2. The molecule has 0 spiro atoms. The maximum Gasteiger partial charge on any atom is 0.459 e. The first kappa shape index (κ1) is 31.7. The second-order valence-electron chi connectivity index (χ2n) is 10.1. The Balaban J connectivity index is 1.48. The average Bonchev–Trinajstić information content (AvgIpc) is 3.43. The van der Waals surface area contributed by atoms with Gasteiger partial charge in [0.25, 0.3) is 5.56 Å². The quantitative estimate of drug-likeness (QED) is 0.209. The molecule has 0 bridgehead atoms. The number of hydrogen-bond acceptors (Lipinski definition) is 9. The number of nitrogens with one attached hydrogen (secondary N) is 2. The summed E-state index contributed by atoms with van der Waals surface area (Å²) in [5.41, 5.74) is -0.0458. The van der Waals surface area contributed by atoms with Gasteiger partial charge in [0, 0.05) is 16.8 Å². The molecule has 0 saturated carbocycles. The summed E-state index contributed by atoms with van der Waals surface area (Å²) in [6.07, 6.45) is -0.246. The molecule has 3 aromatic rings. The SMILES string of the molecule is Cc1cn([C@H]2CO[C@@H](COP(=O)(NC(CC(C)C)C(=O)OCc3ccccc3)Oc3ccc(Cl)cc3)O2)c(=O)[nH]c1=O. The third-order valence-corrected chi connectivity index (χ3v) is 7.96. The van der Waals surface area contributed by atoms with Crippen molar-refractivity contribution in [2.75, 3.05) is 13.2 Å². The van der Waals surface area contributed by atoms with Crippen LogP contribution in [0.15, 0.2) is 70.4 Å². The van der Waals surface area contributed by atoms with Crippen LogP contribution in [-0.4, -0.2) is 41.1 Å². The summed E-state index contributed by atoms with van der Waals surface area (Å²) >= 11 is 5.98. The highest BCUT2D eigenvalue weighted by Gasteiger charge is 2.37. The van der Waals surface area contributed by atoms with E-state index in [0.29, 0.717) is 10.6 Å². The summed E-state index contributed by atoms with van der Waals surface area (Å²) in [6, 6.07) is 14.3. The Morgan fingerprint density at radius 2 is 1.88 bits per heavy atom. The first-order valence-electron chi connectivity index (χ1n) is 13.3. The maximum atomic E-state index is 14.1. The fraction of sp³-hybridized carbons (Fsp3) is 0.393. The fourth-order valence-electron chi connectivity index (χ4n) is 4.05. The molecule has 2 heterocycles. The Labute approximate surface area is 247 Å². The molecular formula is C28H33ClN3O9P. The molecule has 1 aliphatic rings. The van der Waals surface area contributed by atoms with Crippen LogP contribution in [0.25, 0.3) is 0 Å². The smallest absolute Gasteiger partial charge is 0.459 e. The topological polar surface area (TPSA) is 147 Å². The van der Waals surface area contributed by atoms with Crippen molar-refractivity contribution in [1.29, 1.82) is 0 Å². The van der Waals surface area contributed by atoms with Gasteiger partial charge in [-0.25, -0.2) is 9.36 Å². The van der Waals surface area contributed by atoms with Crippen molar-refractivity contribution in [2.24, 2.45) is 5.92 Å². The van der Waals surface area contributed by atoms with Crippen LogP contribution < -0.4 is 20.9 Å². The largest absolute Gasteiger partial charge is 0.460 e. The normalized spacial score (nSPS) is 18.9. The highest BCUT2D eigenvalue weighted by molar-refractivity contribution is 7.52. The molecule has 2 aromatic carbocycles. The highest BCUT2D eigenvalue weighted by Crippen LogP contribution is 2.46. The van der Waals surface area contributed by atoms with E-state index in [0.717, 1.165) is 5.56 Å². The van der Waals surface area contributed by atoms with E-state index in [1.165, 1.54) is 22.9 Å². The molecule has 4 atom stereocenters. The number of ether oxygens (including phenoxy) is 3. The van der Waals surface area contributed by atoms with E-state index in [-0.39, 0.29) is 37.9 Å². The zero-order valence-corrected chi connectivity index (χ0v) is 25.0. The zero-order chi connectivity index (χ0) is 30.3. The van der Waals surface area contributed by atoms with E-state index in [4.69, 9.17) is 34.9 Å². The van der Waals surface area contributed by atoms with E-state index < -0.39 is 43.5 Å². The van der Waals surface area contributed by atoms with E-state index in [9.17, 15) is 18.9 Å². The number of rotatable bonds is 13. The molecule has 1 aliphatic heterocycles. The number of esters is 1. The predicted octanol–water partition coefficient (Wildman–Crippen LogP) is 4.32. The Hall–Kier alpha value is -3.25. The van der Waals surface area contributed by atoms with E-state index in [1.54, 1.807) is 19.1 Å². The Kier molecular flexibility index (Phi) is 10.8. The van der Waals surface area contributed by atoms with Gasteiger partial charge in [0.2, 0.25) is 0 Å². The monoisotopic (exact) mass is 621 g/mol. The minimum atomic E-state index is -4.26. The number of nitrogens with zero attached hydrogens (tertiary/aromatic N) is 1. The second-order valence-corrected chi connectivity index (χ2v) is 12.2. The summed E-state index contributed by atoms with van der Waals surface area (Å²) in [5, 5.41) is 3.19. The number of aryl methyl sites for hydroxylation is 1. The van der Waals surface area contributed by atoms with Crippen molar-refractivity contribution in [3.63, 3.8) is 0 Å². The fourth-order valence-corrected chi connectivity index (χ4v) is 5.67. The Bertz CT molecular complexity index is 1510. The lowest BCUT2D eigenvalue weighted by Gasteiger charge is -2.26. The molecule has 2 unspecified atom stereocenters. The van der Waals surface area contributed by atoms with Crippen molar-refractivity contribution in [3.8, 4) is 5.75 Å². The van der Waals surface area contributed by atoms with Crippen molar-refractivity contribution in [3.05, 3.63) is 97.8 Å². The van der Waals surface area contributed by atoms with Crippen LogP contribution >= 0.6 is 19.3 Å². The predicted molar refractivity (Wildman–Crippen MR) is 154 cm³/mol. The standard InChI is InChI=1S/C28H33ClN3O9P/c1-18(2)13-23(27(34)38-15-20-7-5-4-6-8-20)31-42(36,41-22-11-9-21(29)10-12-22)39-17-25-37-16-24(40-25)32-14-19(3)26(33)30-28(32)35/h4-12,14,18,23-25H,13,15-17H2,1-3H3,(H,31,36)(H,30,33,35)/t23?,24-,25-,42?/m1/s1. The number of halogens is 1. The minimum Gasteiger partial charge on any atom is -0.460 e. The van der Waals surface area contributed by atoms with E-state index in [1.807, 2.05) is 44.2 Å². The number of carbonyl (C=O) groups is 1. The summed E-state index contributed by atoms with van der Waals surface area (Å²) in [4.78, 5) is 39.3. The summed E-state index contributed by atoms with van der Waals surface area (Å²) in [5.74, 6) is -0.424. The zero-order valence-electron chi connectivity index (χ0n) is 23.4. The van der Waals surface area contributed by atoms with Crippen LogP contribution in [0.2, 0.25) is 5.02 Å². The van der Waals surface area contributed by atoms with E-state index >= 15 is 0 Å². The third kappa shape index (κ3) is 8.87. The van der Waals surface area contributed by atoms with Crippen molar-refractivity contribution in [2.45, 2.75) is 52.4 Å². The first-order chi connectivity index (χ1) is 20.0. The lowest BCUT2D eigenvalue weighted by molar-refractivity contribution is -0.147. The van der Waals surface area contributed by atoms with Crippen molar-refractivity contribution in [1.82, 2.24) is 14.6 Å². The Morgan fingerprint density at radius 3 is 2.57 bits per heavy atom. The highest BCUT2D eigenvalue weighted by atomic mass is 35.5. The molecule has 0 radical (unpaired) electrons. The van der Waals surface area contributed by atoms with Crippen LogP contribution in [0.1, 0.15) is 37.6 Å². The number of carbonyl (C=O) groups excluding carboxylic acids is 1. The number of H-pyrrole nitrogens is 1. The van der Waals surface area contributed by atoms with Gasteiger partial charge >= 0.3 is 19.4 Å². The lowest BCUT2D eigenvalue weighted by Crippen LogP contribution is -2.39. The van der Waals surface area contributed by atoms with Crippen LogP contribution in [-0.2, 0) is 34.7 Å². The molecule has 1 saturated heterocycles. The third-order valence-electron chi connectivity index (χ3n) is 6.14. The molecule has 42 heavy (non-hydrogen) atoms. The number of hydrogen-bond donors (Lipinski definition) is 2. The van der Waals surface area contributed by atoms with Gasteiger partial charge in [-0.1, -0.05) is 55.8 Å². The molecule has 12 nitrogen and oxygen atoms in total. The molecule has 0 amide bonds. The van der Waals surface area contributed by atoms with Gasteiger partial charge in [-0.3, -0.25) is 23.7 Å². The Morgan fingerprint density at radius 1 is 1.17 bits per heavy atom. The molecule has 1 aromatic heterocycles. The number of aromatic nitrogens is 2. The van der Waals surface area contributed by atoms with Gasteiger partial charge in [0.15, 0.2) is 12.5 Å². The maximum absolute atomic E-state index is 14.1. The average molecular weight is 622 g/mol. The lowest BCUT2D eigenvalue weighted by atomic mass is 10.1. The van der Waals surface area contributed by atoms with Crippen molar-refractivity contribution >= 4 is 25.3 Å². The summed E-state index contributed by atoms with van der Waals surface area (Å²) in [7, 11) is -4.26. The summed E-state index contributed by atoms with van der Waals surface area (Å²) < 4.78 is 43.6. The number of benzene rings is 2. The molecular weight excluding hydrogens is 589 g/mol. The van der Waals surface area contributed by atoms with Crippen LogP contribution in [0.3, 0.4) is 0 Å². The van der Waals surface area contributed by atoms with Gasteiger partial charge in [-0.2, -0.15) is 5.09 Å². The van der Waals surface area contributed by atoms with Gasteiger partial charge in [-0.15, -0.1) is 0 Å². The minimum absolute atomic E-state index is 0.0251. The van der Waals surface area contributed by atoms with Gasteiger partial charge < -0.3 is 18.7 Å². The molecule has 14 heteroatoms. The molecule has 1 fully saturated rings. The molecule has 226 valence electrons. The van der Waals surface area contributed by atoms with Crippen LogP contribution in [0.5, 0.6) is 5.75 Å². The molecule has 0 aliphatic carbocycles. The van der Waals surface area contributed by atoms with E-state index in [2.05, 4.69) is 10.1 Å². The summed E-state index contributed by atoms with van der Waals surface area (Å²) in [6.45, 7) is 5.00. The van der Waals surface area contributed by atoms with Crippen molar-refractivity contribution < 1.29 is 32.6 Å². The van der Waals surface area contributed by atoms with Crippen LogP contribution in [0, 0.1) is 12.8 Å². The second kappa shape index (κ2) is 14.3. The van der Waals surface area contributed by atoms with Gasteiger partial charge in [0.05, 0.1) is 6.61 Å². The van der Waals surface area contributed by atoms with Gasteiger partial charge in [0.1, 0.15) is 25.0 Å². The number of aromatic amines is 1. The molecule has 2 N–H and O–H groups in total. The molecule has 4 rings (SSSR count). The van der Waals surface area contributed by atoms with Gasteiger partial charge in [-0.05, 0) is 49.1 Å². The van der Waals surface area contributed by atoms with Crippen LogP contribution in [0.4, 0.5) is 0 Å².